The highest BCUT2D eigenvalue weighted by atomic mass is 14.9. The van der Waals surface area contributed by atoms with Gasteiger partial charge in [0.05, 0.1) is 11.4 Å². The van der Waals surface area contributed by atoms with Crippen molar-refractivity contribution in [2.24, 2.45) is 0 Å². The summed E-state index contributed by atoms with van der Waals surface area (Å²) < 4.78 is 0. The number of rotatable bonds is 5. The van der Waals surface area contributed by atoms with E-state index in [9.17, 15) is 0 Å². The summed E-state index contributed by atoms with van der Waals surface area (Å²) in [7, 11) is 0. The Hall–Kier alpha value is -3.20. The number of allylic oxidation sites excluding steroid dienone is 5. The number of aromatic amines is 1. The molecule has 2 heterocycles. The van der Waals surface area contributed by atoms with Crippen molar-refractivity contribution in [3.8, 4) is 22.6 Å². The van der Waals surface area contributed by atoms with E-state index < -0.39 is 0 Å². The number of H-pyrrole nitrogens is 1. The summed E-state index contributed by atoms with van der Waals surface area (Å²) >= 11 is 0. The van der Waals surface area contributed by atoms with Crippen molar-refractivity contribution in [1.82, 2.24) is 15.0 Å². The first-order valence-electron chi connectivity index (χ1n) is 8.63. The lowest BCUT2D eigenvalue weighted by Gasteiger charge is -2.02. The minimum atomic E-state index is 0.864. The van der Waals surface area contributed by atoms with Gasteiger partial charge in [0.1, 0.15) is 5.82 Å². The average Bonchev–Trinajstić information content (AvgIpc) is 3.08. The molecule has 3 aromatic rings. The van der Waals surface area contributed by atoms with E-state index in [-0.39, 0.29) is 0 Å². The Labute approximate surface area is 154 Å². The van der Waals surface area contributed by atoms with Crippen LogP contribution in [0.3, 0.4) is 0 Å². The molecule has 3 nitrogen and oxygen atoms in total. The molecular weight excluding hydrogens is 318 g/mol. The molecule has 0 radical (unpaired) electrons. The van der Waals surface area contributed by atoms with Gasteiger partial charge in [-0.15, -0.1) is 0 Å². The number of nitrogens with zero attached hydrogens (tertiary/aromatic N) is 2. The fourth-order valence-corrected chi connectivity index (χ4v) is 2.67. The van der Waals surface area contributed by atoms with Gasteiger partial charge in [0.15, 0.2) is 0 Å². The zero-order valence-electron chi connectivity index (χ0n) is 15.5. The third kappa shape index (κ3) is 4.06. The van der Waals surface area contributed by atoms with E-state index in [0.717, 1.165) is 39.5 Å². The lowest BCUT2D eigenvalue weighted by molar-refractivity contribution is 1.29. The van der Waals surface area contributed by atoms with Crippen LogP contribution >= 0.6 is 0 Å². The molecule has 26 heavy (non-hydrogen) atoms. The van der Waals surface area contributed by atoms with Crippen LogP contribution in [0.2, 0.25) is 0 Å². The van der Waals surface area contributed by atoms with Crippen molar-refractivity contribution in [1.29, 1.82) is 0 Å². The molecule has 0 bridgehead atoms. The molecule has 0 aliphatic carbocycles. The Morgan fingerprint density at radius 3 is 2.35 bits per heavy atom. The van der Waals surface area contributed by atoms with E-state index in [0.29, 0.717) is 0 Å². The Kier molecular flexibility index (Phi) is 5.28. The molecule has 0 saturated carbocycles. The highest BCUT2D eigenvalue weighted by molar-refractivity contribution is 5.79. The van der Waals surface area contributed by atoms with Crippen LogP contribution in [-0.2, 0) is 0 Å². The third-order valence-electron chi connectivity index (χ3n) is 4.10. The van der Waals surface area contributed by atoms with Crippen LogP contribution in [0, 0.1) is 6.92 Å². The second kappa shape index (κ2) is 7.79. The van der Waals surface area contributed by atoms with E-state index in [1.807, 2.05) is 31.2 Å². The van der Waals surface area contributed by atoms with E-state index in [1.165, 1.54) is 5.56 Å². The first kappa shape index (κ1) is 17.6. The largest absolute Gasteiger partial charge is 0.337 e. The normalized spacial score (nSPS) is 11.9. The minimum absolute atomic E-state index is 0.864. The topological polar surface area (TPSA) is 41.6 Å². The van der Waals surface area contributed by atoms with Gasteiger partial charge in [0, 0.05) is 23.5 Å². The highest BCUT2D eigenvalue weighted by Gasteiger charge is 2.14. The van der Waals surface area contributed by atoms with Crippen LogP contribution in [0.25, 0.3) is 28.2 Å². The van der Waals surface area contributed by atoms with Crippen LogP contribution < -0.4 is 0 Å². The van der Waals surface area contributed by atoms with Gasteiger partial charge in [-0.1, -0.05) is 60.2 Å². The predicted molar refractivity (Wildman–Crippen MR) is 110 cm³/mol. The smallest absolute Gasteiger partial charge is 0.138 e. The number of hydrogen-bond acceptors (Lipinski definition) is 2. The number of benzene rings is 1. The summed E-state index contributed by atoms with van der Waals surface area (Å²) in [6, 6.07) is 12.4. The number of aryl methyl sites for hydroxylation is 1. The average molecular weight is 341 g/mol. The summed E-state index contributed by atoms with van der Waals surface area (Å²) in [5, 5.41) is 0. The molecule has 0 aliphatic rings. The van der Waals surface area contributed by atoms with Crippen molar-refractivity contribution in [3.63, 3.8) is 0 Å². The number of hydrogen-bond donors (Lipinski definition) is 1. The van der Waals surface area contributed by atoms with E-state index >= 15 is 0 Å². The molecule has 3 heteroatoms. The van der Waals surface area contributed by atoms with Crippen molar-refractivity contribution >= 4 is 5.57 Å². The van der Waals surface area contributed by atoms with Gasteiger partial charge in [-0.25, -0.2) is 4.98 Å². The lowest BCUT2D eigenvalue weighted by Crippen LogP contribution is -1.86. The molecule has 0 atom stereocenters. The first-order chi connectivity index (χ1) is 12.5. The first-order valence-corrected chi connectivity index (χ1v) is 8.63. The van der Waals surface area contributed by atoms with E-state index in [1.54, 1.807) is 12.4 Å². The fourth-order valence-electron chi connectivity index (χ4n) is 2.67. The number of nitrogens with one attached hydrogen (secondary N) is 1. The van der Waals surface area contributed by atoms with Gasteiger partial charge in [0.25, 0.3) is 0 Å². The van der Waals surface area contributed by atoms with Gasteiger partial charge < -0.3 is 4.98 Å². The molecule has 0 unspecified atom stereocenters. The molecule has 130 valence electrons. The molecule has 0 fully saturated rings. The molecular formula is C23H23N3. The quantitative estimate of drug-likeness (QED) is 0.580. The van der Waals surface area contributed by atoms with Crippen LogP contribution in [0.1, 0.15) is 25.1 Å². The molecule has 2 aromatic heterocycles. The molecule has 0 saturated heterocycles. The zero-order valence-corrected chi connectivity index (χ0v) is 15.5. The second-order valence-electron chi connectivity index (χ2n) is 6.47. The molecule has 0 spiro atoms. The second-order valence-corrected chi connectivity index (χ2v) is 6.47. The van der Waals surface area contributed by atoms with Gasteiger partial charge >= 0.3 is 0 Å². The maximum absolute atomic E-state index is 4.88. The van der Waals surface area contributed by atoms with Crippen LogP contribution in [0.15, 0.2) is 79.2 Å². The van der Waals surface area contributed by atoms with E-state index in [2.05, 4.69) is 60.7 Å². The molecule has 3 rings (SSSR count). The van der Waals surface area contributed by atoms with Crippen molar-refractivity contribution in [3.05, 3.63) is 90.4 Å². The van der Waals surface area contributed by atoms with Gasteiger partial charge in [-0.2, -0.15) is 0 Å². The van der Waals surface area contributed by atoms with Crippen molar-refractivity contribution in [2.75, 3.05) is 0 Å². The SMILES string of the molecule is C=C(C)/C=C\C=C(/C)c1nc(-c2ccc(C)cc2)[nH]c1-c1ccncc1. The van der Waals surface area contributed by atoms with Crippen LogP contribution in [0.4, 0.5) is 0 Å². The summed E-state index contributed by atoms with van der Waals surface area (Å²) in [6.07, 6.45) is 9.66. The minimum Gasteiger partial charge on any atom is -0.337 e. The predicted octanol–water partition coefficient (Wildman–Crippen LogP) is 5.98. The maximum Gasteiger partial charge on any atom is 0.138 e. The highest BCUT2D eigenvalue weighted by Crippen LogP contribution is 2.30. The number of imidazole rings is 1. The Bertz CT molecular complexity index is 958. The molecule has 1 N–H and O–H groups in total. The standard InChI is InChI=1S/C23H23N3/c1-16(2)6-5-7-18(4)21-22(19-12-14-24-15-13-19)26-23(25-21)20-10-8-17(3)9-11-20/h5-15H,1H2,2-4H3,(H,25,26)/b6-5-,18-7+. The summed E-state index contributed by atoms with van der Waals surface area (Å²) in [5.41, 5.74) is 7.42. The van der Waals surface area contributed by atoms with Gasteiger partial charge in [-0.05, 0) is 38.5 Å². The van der Waals surface area contributed by atoms with Crippen molar-refractivity contribution < 1.29 is 0 Å². The summed E-state index contributed by atoms with van der Waals surface area (Å²) in [6.45, 7) is 10.0. The number of aromatic nitrogens is 3. The van der Waals surface area contributed by atoms with E-state index in [4.69, 9.17) is 4.98 Å². The van der Waals surface area contributed by atoms with Crippen LogP contribution in [0.5, 0.6) is 0 Å². The number of pyridine rings is 1. The third-order valence-corrected chi connectivity index (χ3v) is 4.10. The van der Waals surface area contributed by atoms with Crippen molar-refractivity contribution in [2.45, 2.75) is 20.8 Å². The van der Waals surface area contributed by atoms with Crippen LogP contribution in [-0.4, -0.2) is 15.0 Å². The molecule has 0 amide bonds. The zero-order chi connectivity index (χ0) is 18.5. The fraction of sp³-hybridized carbons (Fsp3) is 0.130. The van der Waals surface area contributed by atoms with Gasteiger partial charge in [0.2, 0.25) is 0 Å². The Morgan fingerprint density at radius 1 is 1.00 bits per heavy atom. The monoisotopic (exact) mass is 341 g/mol. The lowest BCUT2D eigenvalue weighted by atomic mass is 10.1. The summed E-state index contributed by atoms with van der Waals surface area (Å²) in [5.74, 6) is 0.864. The Morgan fingerprint density at radius 2 is 1.69 bits per heavy atom. The molecule has 1 aromatic carbocycles. The Balaban J connectivity index is 2.09. The van der Waals surface area contributed by atoms with Gasteiger partial charge in [-0.3, -0.25) is 4.98 Å². The maximum atomic E-state index is 4.88. The summed E-state index contributed by atoms with van der Waals surface area (Å²) in [4.78, 5) is 12.5. The molecule has 0 aliphatic heterocycles.